The largest absolute Gasteiger partial charge is 0.361 e. The first-order chi connectivity index (χ1) is 15.6. The number of morpholine rings is 1. The number of rotatable bonds is 4. The van der Waals surface area contributed by atoms with E-state index in [1.54, 1.807) is 52.4 Å². The lowest BCUT2D eigenvalue weighted by Crippen LogP contribution is -2.60. The average Bonchev–Trinajstić information content (AvgIpc) is 3.42. The van der Waals surface area contributed by atoms with Crippen LogP contribution in [-0.4, -0.2) is 73.2 Å². The predicted octanol–water partition coefficient (Wildman–Crippen LogP) is 1.25. The second kappa shape index (κ2) is 8.16. The molecular weight excluding hydrogens is 408 g/mol. The number of pyridine rings is 2. The summed E-state index contributed by atoms with van der Waals surface area (Å²) in [6, 6.07) is 11.1. The molecule has 9 heteroatoms. The van der Waals surface area contributed by atoms with Gasteiger partial charge in [-0.15, -0.1) is 0 Å². The molecule has 1 spiro atoms. The minimum absolute atomic E-state index is 0.122. The molecule has 0 aromatic carbocycles. The molecule has 2 aliphatic heterocycles. The van der Waals surface area contributed by atoms with Crippen molar-refractivity contribution in [3.8, 4) is 0 Å². The molecule has 2 aliphatic rings. The molecule has 0 aliphatic carbocycles. The zero-order valence-corrected chi connectivity index (χ0v) is 17.8. The van der Waals surface area contributed by atoms with Crippen molar-refractivity contribution in [2.45, 2.75) is 18.1 Å². The number of ether oxygens (including phenoxy) is 1. The third-order valence-corrected chi connectivity index (χ3v) is 6.25. The van der Waals surface area contributed by atoms with Crippen LogP contribution in [0.1, 0.15) is 27.7 Å². The maximum atomic E-state index is 13.9. The summed E-state index contributed by atoms with van der Waals surface area (Å²) in [5.41, 5.74) is 1.00. The van der Waals surface area contributed by atoms with Crippen LogP contribution in [-0.2, 0) is 23.1 Å². The second-order valence-electron chi connectivity index (χ2n) is 8.15. The number of carbonyl (C=O) groups is 2. The molecule has 2 saturated heterocycles. The fourth-order valence-corrected chi connectivity index (χ4v) is 4.65. The van der Waals surface area contributed by atoms with Crippen molar-refractivity contribution in [1.29, 1.82) is 0 Å². The van der Waals surface area contributed by atoms with Crippen molar-refractivity contribution in [1.82, 2.24) is 29.5 Å². The van der Waals surface area contributed by atoms with Gasteiger partial charge in [0.25, 0.3) is 11.8 Å². The number of likely N-dealkylation sites (tertiary alicyclic amines) is 1. The van der Waals surface area contributed by atoms with E-state index in [0.29, 0.717) is 31.9 Å². The number of aromatic nitrogens is 4. The Kier molecular flexibility index (Phi) is 5.18. The van der Waals surface area contributed by atoms with Gasteiger partial charge in [-0.1, -0.05) is 12.1 Å². The molecular formula is C23H24N6O3. The Morgan fingerprint density at radius 1 is 1.19 bits per heavy atom. The van der Waals surface area contributed by atoms with E-state index in [2.05, 4.69) is 15.1 Å². The van der Waals surface area contributed by atoms with Crippen molar-refractivity contribution >= 4 is 11.8 Å². The number of aryl methyl sites for hydroxylation is 1. The van der Waals surface area contributed by atoms with Gasteiger partial charge in [0.2, 0.25) is 0 Å². The van der Waals surface area contributed by atoms with E-state index >= 15 is 0 Å². The highest BCUT2D eigenvalue weighted by Crippen LogP contribution is 2.42. The Morgan fingerprint density at radius 3 is 2.81 bits per heavy atom. The van der Waals surface area contributed by atoms with Crippen molar-refractivity contribution in [2.75, 3.05) is 26.2 Å². The first-order valence-electron chi connectivity index (χ1n) is 10.6. The summed E-state index contributed by atoms with van der Waals surface area (Å²) >= 11 is 0. The molecule has 0 saturated carbocycles. The van der Waals surface area contributed by atoms with Crippen LogP contribution in [0.4, 0.5) is 0 Å². The van der Waals surface area contributed by atoms with E-state index in [4.69, 9.17) is 4.74 Å². The van der Waals surface area contributed by atoms with Crippen LogP contribution >= 0.6 is 0 Å². The van der Waals surface area contributed by atoms with E-state index in [0.717, 1.165) is 11.3 Å². The number of amides is 2. The number of hydrogen-bond donors (Lipinski definition) is 0. The SMILES string of the molecule is Cn1nccc1C(=O)N1C[C@H](c2cccnc2)[C@]2(C1)OCCN(Cc1ccccn1)C2=O. The highest BCUT2D eigenvalue weighted by Gasteiger charge is 2.58. The summed E-state index contributed by atoms with van der Waals surface area (Å²) in [6.07, 6.45) is 6.76. The molecule has 0 bridgehead atoms. The minimum Gasteiger partial charge on any atom is -0.361 e. The Hall–Kier alpha value is -3.59. The van der Waals surface area contributed by atoms with Gasteiger partial charge in [0.15, 0.2) is 5.60 Å². The molecule has 2 amide bonds. The van der Waals surface area contributed by atoms with Gasteiger partial charge in [0, 0.05) is 50.8 Å². The fraction of sp³-hybridized carbons (Fsp3) is 0.348. The maximum absolute atomic E-state index is 13.9. The highest BCUT2D eigenvalue weighted by atomic mass is 16.5. The van der Waals surface area contributed by atoms with Crippen molar-refractivity contribution < 1.29 is 14.3 Å². The third kappa shape index (κ3) is 3.44. The van der Waals surface area contributed by atoms with Gasteiger partial charge in [-0.25, -0.2) is 0 Å². The van der Waals surface area contributed by atoms with Crippen LogP contribution in [0.2, 0.25) is 0 Å². The van der Waals surface area contributed by atoms with Gasteiger partial charge < -0.3 is 14.5 Å². The number of carbonyl (C=O) groups excluding carboxylic acids is 2. The summed E-state index contributed by atoms with van der Waals surface area (Å²) in [6.45, 7) is 1.81. The molecule has 2 fully saturated rings. The van der Waals surface area contributed by atoms with Gasteiger partial charge in [-0.05, 0) is 29.8 Å². The minimum atomic E-state index is -1.16. The highest BCUT2D eigenvalue weighted by molar-refractivity contribution is 5.95. The monoisotopic (exact) mass is 432 g/mol. The maximum Gasteiger partial charge on any atom is 0.272 e. The topological polar surface area (TPSA) is 93.4 Å². The summed E-state index contributed by atoms with van der Waals surface area (Å²) in [5, 5.41) is 4.11. The summed E-state index contributed by atoms with van der Waals surface area (Å²) in [7, 11) is 1.73. The molecule has 164 valence electrons. The van der Waals surface area contributed by atoms with Crippen LogP contribution < -0.4 is 0 Å². The predicted molar refractivity (Wildman–Crippen MR) is 114 cm³/mol. The first-order valence-corrected chi connectivity index (χ1v) is 10.6. The lowest BCUT2D eigenvalue weighted by atomic mass is 9.83. The van der Waals surface area contributed by atoms with Crippen LogP contribution in [0.15, 0.2) is 61.2 Å². The zero-order valence-electron chi connectivity index (χ0n) is 17.8. The second-order valence-corrected chi connectivity index (χ2v) is 8.15. The molecule has 9 nitrogen and oxygen atoms in total. The molecule has 5 rings (SSSR count). The van der Waals surface area contributed by atoms with E-state index in [1.807, 2.05) is 30.3 Å². The van der Waals surface area contributed by atoms with Crippen LogP contribution in [0.25, 0.3) is 0 Å². The smallest absolute Gasteiger partial charge is 0.272 e. The standard InChI is InChI=1S/C23H24N6O3/c1-27-20(7-10-26-27)21(30)29-15-19(17-5-4-8-24-13-17)23(16-29)22(31)28(11-12-32-23)14-18-6-2-3-9-25-18/h2-10,13,19H,11-12,14-16H2,1H3/t19-,23+/m1/s1. The Bertz CT molecular complexity index is 1120. The lowest BCUT2D eigenvalue weighted by Gasteiger charge is -2.42. The van der Waals surface area contributed by atoms with E-state index in [-0.39, 0.29) is 24.3 Å². The average molecular weight is 432 g/mol. The quantitative estimate of drug-likeness (QED) is 0.616. The van der Waals surface area contributed by atoms with Gasteiger partial charge in [0.05, 0.1) is 25.4 Å². The molecule has 2 atom stereocenters. The summed E-state index contributed by atoms with van der Waals surface area (Å²) in [4.78, 5) is 39.2. The third-order valence-electron chi connectivity index (χ3n) is 6.25. The molecule has 0 N–H and O–H groups in total. The molecule has 3 aromatic heterocycles. The molecule has 5 heterocycles. The Labute approximate surface area is 185 Å². The summed E-state index contributed by atoms with van der Waals surface area (Å²) in [5.74, 6) is -0.620. The Morgan fingerprint density at radius 2 is 2.09 bits per heavy atom. The molecule has 0 radical (unpaired) electrons. The first kappa shape index (κ1) is 20.3. The fourth-order valence-electron chi connectivity index (χ4n) is 4.65. The van der Waals surface area contributed by atoms with Crippen molar-refractivity contribution in [3.05, 3.63) is 78.1 Å². The summed E-state index contributed by atoms with van der Waals surface area (Å²) < 4.78 is 7.79. The van der Waals surface area contributed by atoms with Gasteiger partial charge in [-0.3, -0.25) is 24.2 Å². The van der Waals surface area contributed by atoms with Gasteiger partial charge >= 0.3 is 0 Å². The molecule has 0 unspecified atom stereocenters. The molecule has 32 heavy (non-hydrogen) atoms. The number of hydrogen-bond acceptors (Lipinski definition) is 6. The molecule has 3 aromatic rings. The number of nitrogens with zero attached hydrogens (tertiary/aromatic N) is 6. The normalized spacial score (nSPS) is 23.2. The van der Waals surface area contributed by atoms with E-state index in [9.17, 15) is 9.59 Å². The van der Waals surface area contributed by atoms with E-state index in [1.165, 1.54) is 0 Å². The van der Waals surface area contributed by atoms with Crippen molar-refractivity contribution in [2.24, 2.45) is 7.05 Å². The van der Waals surface area contributed by atoms with E-state index < -0.39 is 5.60 Å². The lowest BCUT2D eigenvalue weighted by molar-refractivity contribution is -0.172. The van der Waals surface area contributed by atoms with Gasteiger partial charge in [-0.2, -0.15) is 5.10 Å². The Balaban J connectivity index is 1.49. The van der Waals surface area contributed by atoms with Gasteiger partial charge in [0.1, 0.15) is 5.69 Å². The van der Waals surface area contributed by atoms with Crippen LogP contribution in [0, 0.1) is 0 Å². The van der Waals surface area contributed by atoms with Crippen molar-refractivity contribution in [3.63, 3.8) is 0 Å². The van der Waals surface area contributed by atoms with Crippen LogP contribution in [0.5, 0.6) is 0 Å². The van der Waals surface area contributed by atoms with Crippen LogP contribution in [0.3, 0.4) is 0 Å². The zero-order chi connectivity index (χ0) is 22.1.